The van der Waals surface area contributed by atoms with Gasteiger partial charge < -0.3 is 5.32 Å². The summed E-state index contributed by atoms with van der Waals surface area (Å²) in [5, 5.41) is 3.46. The molecule has 2 unspecified atom stereocenters. The van der Waals surface area contributed by atoms with E-state index in [9.17, 15) is 9.59 Å². The van der Waals surface area contributed by atoms with Crippen LogP contribution in [0.3, 0.4) is 0 Å². The lowest BCUT2D eigenvalue weighted by molar-refractivity contribution is -0.121. The molecule has 2 saturated carbocycles. The Morgan fingerprint density at radius 3 is 2.42 bits per heavy atom. The summed E-state index contributed by atoms with van der Waals surface area (Å²) in [4.78, 5) is 30.2. The standard InChI is InChI=1S/C19H20BrN3O2S/c20-13-9-7-11(8-10-13)16(24)14-3-1-2-4-15(14)18(25)22-19-21-17(23-26-19)12-5-6-12/h7-10,12,14-15H,1-6H2,(H,21,22,23,25). The number of nitrogens with one attached hydrogen (secondary N) is 1. The van der Waals surface area contributed by atoms with Crippen LogP contribution in [-0.4, -0.2) is 21.0 Å². The maximum absolute atomic E-state index is 13.0. The van der Waals surface area contributed by atoms with Crippen LogP contribution < -0.4 is 5.32 Å². The van der Waals surface area contributed by atoms with Crippen LogP contribution >= 0.6 is 27.5 Å². The molecule has 2 aromatic rings. The minimum Gasteiger partial charge on any atom is -0.300 e. The fourth-order valence-electron chi connectivity index (χ4n) is 3.58. The van der Waals surface area contributed by atoms with E-state index in [2.05, 4.69) is 30.6 Å². The molecule has 1 heterocycles. The number of halogens is 1. The van der Waals surface area contributed by atoms with E-state index in [-0.39, 0.29) is 23.5 Å². The fraction of sp³-hybridized carbons (Fsp3) is 0.474. The number of Topliss-reactive ketones (excluding diaryl/α,β-unsaturated/α-hetero) is 1. The van der Waals surface area contributed by atoms with E-state index in [4.69, 9.17) is 0 Å². The van der Waals surface area contributed by atoms with Crippen molar-refractivity contribution in [1.29, 1.82) is 0 Å². The first-order valence-electron chi connectivity index (χ1n) is 9.06. The van der Waals surface area contributed by atoms with Crippen LogP contribution in [0.1, 0.15) is 60.6 Å². The number of benzene rings is 1. The Bertz CT molecular complexity index is 816. The molecule has 5 nitrogen and oxygen atoms in total. The zero-order chi connectivity index (χ0) is 18.1. The number of ketones is 1. The Kier molecular flexibility index (Phi) is 5.18. The van der Waals surface area contributed by atoms with Gasteiger partial charge >= 0.3 is 0 Å². The van der Waals surface area contributed by atoms with Gasteiger partial charge in [0.05, 0.1) is 0 Å². The zero-order valence-electron chi connectivity index (χ0n) is 14.3. The molecule has 2 fully saturated rings. The molecule has 1 N–H and O–H groups in total. The van der Waals surface area contributed by atoms with Gasteiger partial charge in [-0.3, -0.25) is 9.59 Å². The van der Waals surface area contributed by atoms with Gasteiger partial charge in [-0.2, -0.15) is 4.37 Å². The molecule has 2 aliphatic rings. The quantitative estimate of drug-likeness (QED) is 0.686. The minimum absolute atomic E-state index is 0.0632. The van der Waals surface area contributed by atoms with Crippen molar-refractivity contribution in [2.24, 2.45) is 11.8 Å². The van der Waals surface area contributed by atoms with Crippen molar-refractivity contribution in [1.82, 2.24) is 9.36 Å². The Hall–Kier alpha value is -1.60. The van der Waals surface area contributed by atoms with Gasteiger partial charge in [-0.05, 0) is 37.8 Å². The number of rotatable bonds is 5. The smallest absolute Gasteiger partial charge is 0.230 e. The summed E-state index contributed by atoms with van der Waals surface area (Å²) in [5.41, 5.74) is 0.671. The average Bonchev–Trinajstić information content (AvgIpc) is 3.41. The Labute approximate surface area is 164 Å². The first-order valence-corrected chi connectivity index (χ1v) is 10.6. The largest absolute Gasteiger partial charge is 0.300 e. The van der Waals surface area contributed by atoms with Crippen LogP contribution in [0.25, 0.3) is 0 Å². The number of carbonyl (C=O) groups is 2. The minimum atomic E-state index is -0.298. The molecule has 1 aromatic heterocycles. The molecular formula is C19H20BrN3O2S. The second-order valence-electron chi connectivity index (χ2n) is 7.09. The second-order valence-corrected chi connectivity index (χ2v) is 8.76. The molecule has 4 rings (SSSR count). The monoisotopic (exact) mass is 433 g/mol. The highest BCUT2D eigenvalue weighted by Crippen LogP contribution is 2.39. The SMILES string of the molecule is O=C(Nc1nc(C2CC2)ns1)C1CCCCC1C(=O)c1ccc(Br)cc1. The van der Waals surface area contributed by atoms with Crippen LogP contribution in [0.5, 0.6) is 0 Å². The number of anilines is 1. The number of carbonyl (C=O) groups excluding carboxylic acids is 2. The van der Waals surface area contributed by atoms with E-state index >= 15 is 0 Å². The number of nitrogens with zero attached hydrogens (tertiary/aromatic N) is 2. The third kappa shape index (κ3) is 3.88. The number of hydrogen-bond donors (Lipinski definition) is 1. The van der Waals surface area contributed by atoms with Gasteiger partial charge in [0.2, 0.25) is 11.0 Å². The molecule has 1 aromatic carbocycles. The van der Waals surface area contributed by atoms with Crippen LogP contribution in [0.2, 0.25) is 0 Å². The second kappa shape index (κ2) is 7.56. The Morgan fingerprint density at radius 1 is 1.04 bits per heavy atom. The topological polar surface area (TPSA) is 72.0 Å². The zero-order valence-corrected chi connectivity index (χ0v) is 16.7. The fourth-order valence-corrected chi connectivity index (χ4v) is 4.49. The van der Waals surface area contributed by atoms with Gasteiger partial charge in [0, 0.05) is 39.3 Å². The number of amides is 1. The number of aromatic nitrogens is 2. The third-order valence-corrected chi connectivity index (χ3v) is 6.36. The van der Waals surface area contributed by atoms with Crippen LogP contribution in [-0.2, 0) is 4.79 Å². The average molecular weight is 434 g/mol. The van der Waals surface area contributed by atoms with E-state index < -0.39 is 0 Å². The normalized spacial score (nSPS) is 22.8. The van der Waals surface area contributed by atoms with Gasteiger partial charge in [0.15, 0.2) is 5.78 Å². The Balaban J connectivity index is 1.47. The summed E-state index contributed by atoms with van der Waals surface area (Å²) < 4.78 is 5.27. The van der Waals surface area contributed by atoms with Crippen LogP contribution in [0, 0.1) is 11.8 Å². The lowest BCUT2D eigenvalue weighted by atomic mass is 9.75. The molecule has 136 valence electrons. The highest BCUT2D eigenvalue weighted by Gasteiger charge is 2.36. The van der Waals surface area contributed by atoms with Crippen molar-refractivity contribution < 1.29 is 9.59 Å². The molecule has 1 amide bonds. The van der Waals surface area contributed by atoms with Crippen molar-refractivity contribution in [2.75, 3.05) is 5.32 Å². The van der Waals surface area contributed by atoms with Gasteiger partial charge in [0.1, 0.15) is 5.82 Å². The van der Waals surface area contributed by atoms with E-state index in [0.29, 0.717) is 16.6 Å². The first kappa shape index (κ1) is 17.8. The van der Waals surface area contributed by atoms with E-state index in [1.165, 1.54) is 11.5 Å². The highest BCUT2D eigenvalue weighted by molar-refractivity contribution is 9.10. The predicted octanol–water partition coefficient (Wildman–Crippen LogP) is 4.81. The summed E-state index contributed by atoms with van der Waals surface area (Å²) in [6.45, 7) is 0. The van der Waals surface area contributed by atoms with Gasteiger partial charge in [-0.1, -0.05) is 40.9 Å². The van der Waals surface area contributed by atoms with Crippen molar-refractivity contribution >= 4 is 44.3 Å². The maximum Gasteiger partial charge on any atom is 0.230 e. The lowest BCUT2D eigenvalue weighted by Crippen LogP contribution is -2.36. The number of hydrogen-bond acceptors (Lipinski definition) is 5. The molecule has 26 heavy (non-hydrogen) atoms. The summed E-state index contributed by atoms with van der Waals surface area (Å²) in [7, 11) is 0. The molecule has 0 spiro atoms. The highest BCUT2D eigenvalue weighted by atomic mass is 79.9. The summed E-state index contributed by atoms with van der Waals surface area (Å²) in [6.07, 6.45) is 5.74. The molecule has 0 bridgehead atoms. The molecule has 0 radical (unpaired) electrons. The van der Waals surface area contributed by atoms with Gasteiger partial charge in [-0.15, -0.1) is 0 Å². The van der Waals surface area contributed by atoms with Crippen molar-refractivity contribution in [3.05, 3.63) is 40.1 Å². The van der Waals surface area contributed by atoms with E-state index in [1.807, 2.05) is 24.3 Å². The molecule has 2 atom stereocenters. The molecule has 0 saturated heterocycles. The molecule has 2 aliphatic carbocycles. The van der Waals surface area contributed by atoms with Gasteiger partial charge in [-0.25, -0.2) is 4.98 Å². The lowest BCUT2D eigenvalue weighted by Gasteiger charge is -2.29. The summed E-state index contributed by atoms with van der Waals surface area (Å²) >= 11 is 4.63. The molecule has 7 heteroatoms. The van der Waals surface area contributed by atoms with Gasteiger partial charge in [0.25, 0.3) is 0 Å². The summed E-state index contributed by atoms with van der Waals surface area (Å²) in [5.74, 6) is 0.718. The van der Waals surface area contributed by atoms with E-state index in [0.717, 1.165) is 48.8 Å². The maximum atomic E-state index is 13.0. The first-order chi connectivity index (χ1) is 12.6. The van der Waals surface area contributed by atoms with Crippen LogP contribution in [0.15, 0.2) is 28.7 Å². The third-order valence-electron chi connectivity index (χ3n) is 5.18. The summed E-state index contributed by atoms with van der Waals surface area (Å²) in [6, 6.07) is 7.38. The molecular weight excluding hydrogens is 414 g/mol. The Morgan fingerprint density at radius 2 is 1.73 bits per heavy atom. The van der Waals surface area contributed by atoms with Crippen molar-refractivity contribution in [2.45, 2.75) is 44.4 Å². The van der Waals surface area contributed by atoms with Crippen LogP contribution in [0.4, 0.5) is 5.13 Å². The van der Waals surface area contributed by atoms with Crippen molar-refractivity contribution in [3.8, 4) is 0 Å². The predicted molar refractivity (Wildman–Crippen MR) is 104 cm³/mol. The molecule has 0 aliphatic heterocycles. The van der Waals surface area contributed by atoms with E-state index in [1.54, 1.807) is 0 Å². The van der Waals surface area contributed by atoms with Crippen molar-refractivity contribution in [3.63, 3.8) is 0 Å².